The first-order valence-corrected chi connectivity index (χ1v) is 11.9. The van der Waals surface area contributed by atoms with E-state index in [2.05, 4.69) is 60.9 Å². The van der Waals surface area contributed by atoms with Gasteiger partial charge in [0.25, 0.3) is 0 Å². The smallest absolute Gasteiger partial charge is 0.220 e. The minimum atomic E-state index is 0.0925. The summed E-state index contributed by atoms with van der Waals surface area (Å²) in [7, 11) is 0. The van der Waals surface area contributed by atoms with E-state index in [1.165, 1.54) is 5.69 Å². The Kier molecular flexibility index (Phi) is 8.41. The first kappa shape index (κ1) is 22.9. The SMILES string of the molecule is O=C(CCCn1nnc(-c2ccccc2)n1)NCCCCN1CCN(c2ccccc2)CC1. The quantitative estimate of drug-likeness (QED) is 0.456. The van der Waals surface area contributed by atoms with Crippen LogP contribution in [0.2, 0.25) is 0 Å². The first-order valence-electron chi connectivity index (χ1n) is 11.9. The number of para-hydroxylation sites is 1. The third-order valence-corrected chi connectivity index (χ3v) is 5.96. The van der Waals surface area contributed by atoms with Crippen molar-refractivity contribution in [2.75, 3.05) is 44.2 Å². The van der Waals surface area contributed by atoms with Crippen molar-refractivity contribution in [1.82, 2.24) is 30.4 Å². The van der Waals surface area contributed by atoms with E-state index in [1.807, 2.05) is 30.3 Å². The van der Waals surface area contributed by atoms with Crippen molar-refractivity contribution >= 4 is 11.6 Å². The minimum absolute atomic E-state index is 0.0925. The molecule has 1 fully saturated rings. The Morgan fingerprint density at radius 3 is 2.33 bits per heavy atom. The van der Waals surface area contributed by atoms with Crippen molar-refractivity contribution in [2.45, 2.75) is 32.2 Å². The molecule has 0 aliphatic carbocycles. The number of aromatic nitrogens is 4. The van der Waals surface area contributed by atoms with E-state index >= 15 is 0 Å². The average Bonchev–Trinajstić information content (AvgIpc) is 3.34. The summed E-state index contributed by atoms with van der Waals surface area (Å²) < 4.78 is 0. The Morgan fingerprint density at radius 2 is 1.58 bits per heavy atom. The molecule has 2 heterocycles. The van der Waals surface area contributed by atoms with Gasteiger partial charge in [-0.05, 0) is 43.2 Å². The molecule has 0 radical (unpaired) electrons. The van der Waals surface area contributed by atoms with Crippen molar-refractivity contribution in [3.63, 3.8) is 0 Å². The maximum atomic E-state index is 12.1. The molecule has 1 amide bonds. The molecule has 1 aromatic heterocycles. The number of amides is 1. The molecule has 4 rings (SSSR count). The molecule has 8 heteroatoms. The van der Waals surface area contributed by atoms with Crippen LogP contribution in [0.15, 0.2) is 60.7 Å². The fourth-order valence-electron chi connectivity index (χ4n) is 4.07. The Morgan fingerprint density at radius 1 is 0.848 bits per heavy atom. The van der Waals surface area contributed by atoms with Gasteiger partial charge in [0.2, 0.25) is 11.7 Å². The van der Waals surface area contributed by atoms with Gasteiger partial charge in [0.05, 0.1) is 6.54 Å². The summed E-state index contributed by atoms with van der Waals surface area (Å²) in [6.07, 6.45) is 3.29. The molecule has 0 spiro atoms. The van der Waals surface area contributed by atoms with Crippen LogP contribution < -0.4 is 10.2 Å². The van der Waals surface area contributed by atoms with Crippen LogP contribution >= 0.6 is 0 Å². The number of hydrogen-bond donors (Lipinski definition) is 1. The molecular formula is C25H33N7O. The number of unbranched alkanes of at least 4 members (excludes halogenated alkanes) is 1. The molecule has 8 nitrogen and oxygen atoms in total. The number of carbonyl (C=O) groups is 1. The zero-order valence-electron chi connectivity index (χ0n) is 19.1. The van der Waals surface area contributed by atoms with Crippen LogP contribution in [0.3, 0.4) is 0 Å². The Bertz CT molecular complexity index is 969. The van der Waals surface area contributed by atoms with Gasteiger partial charge in [-0.1, -0.05) is 48.5 Å². The molecule has 1 N–H and O–H groups in total. The number of aryl methyl sites for hydroxylation is 1. The number of carbonyl (C=O) groups excluding carboxylic acids is 1. The topological polar surface area (TPSA) is 79.2 Å². The van der Waals surface area contributed by atoms with Crippen LogP contribution in [0.5, 0.6) is 0 Å². The lowest BCUT2D eigenvalue weighted by Gasteiger charge is -2.36. The number of hydrogen-bond acceptors (Lipinski definition) is 6. The van der Waals surface area contributed by atoms with Gasteiger partial charge in [-0.3, -0.25) is 9.69 Å². The molecule has 1 saturated heterocycles. The summed E-state index contributed by atoms with van der Waals surface area (Å²) >= 11 is 0. The second-order valence-corrected chi connectivity index (χ2v) is 8.40. The third kappa shape index (κ3) is 7.12. The molecule has 174 valence electrons. The zero-order valence-corrected chi connectivity index (χ0v) is 19.1. The number of anilines is 1. The molecular weight excluding hydrogens is 414 g/mol. The Balaban J connectivity index is 1.03. The molecule has 2 aromatic carbocycles. The number of tetrazole rings is 1. The summed E-state index contributed by atoms with van der Waals surface area (Å²) in [5, 5.41) is 15.6. The second-order valence-electron chi connectivity index (χ2n) is 8.40. The van der Waals surface area contributed by atoms with Crippen molar-refractivity contribution in [3.05, 3.63) is 60.7 Å². The molecule has 1 aliphatic rings. The highest BCUT2D eigenvalue weighted by Gasteiger charge is 2.16. The molecule has 0 saturated carbocycles. The van der Waals surface area contributed by atoms with Crippen LogP contribution in [0.1, 0.15) is 25.7 Å². The van der Waals surface area contributed by atoms with Crippen LogP contribution in [0.25, 0.3) is 11.4 Å². The highest BCUT2D eigenvalue weighted by molar-refractivity contribution is 5.75. The summed E-state index contributed by atoms with van der Waals surface area (Å²) in [5.74, 6) is 0.705. The predicted octanol–water partition coefficient (Wildman–Crippen LogP) is 2.84. The number of nitrogens with zero attached hydrogens (tertiary/aromatic N) is 6. The standard InChI is InChI=1S/C25H33N7O/c33-24(14-9-17-32-28-25(27-29-32)22-10-3-1-4-11-22)26-15-7-8-16-30-18-20-31(21-19-30)23-12-5-2-6-13-23/h1-6,10-13H,7-9,14-21H2,(H,26,33). The normalized spacial score (nSPS) is 14.4. The van der Waals surface area contributed by atoms with Crippen molar-refractivity contribution < 1.29 is 4.79 Å². The highest BCUT2D eigenvalue weighted by Crippen LogP contribution is 2.15. The predicted molar refractivity (Wildman–Crippen MR) is 130 cm³/mol. The van der Waals surface area contributed by atoms with Gasteiger partial charge in [-0.15, -0.1) is 10.2 Å². The molecule has 3 aromatic rings. The molecule has 0 bridgehead atoms. The van der Waals surface area contributed by atoms with Crippen LogP contribution in [0.4, 0.5) is 5.69 Å². The van der Waals surface area contributed by atoms with E-state index in [0.717, 1.165) is 57.7 Å². The summed E-state index contributed by atoms with van der Waals surface area (Å²) in [4.78, 5) is 18.6. The third-order valence-electron chi connectivity index (χ3n) is 5.96. The van der Waals surface area contributed by atoms with Gasteiger partial charge < -0.3 is 10.2 Å². The molecule has 33 heavy (non-hydrogen) atoms. The van der Waals surface area contributed by atoms with Gasteiger partial charge in [0, 0.05) is 50.4 Å². The lowest BCUT2D eigenvalue weighted by atomic mass is 10.2. The van der Waals surface area contributed by atoms with Gasteiger partial charge in [0.1, 0.15) is 0 Å². The number of benzene rings is 2. The molecule has 1 aliphatic heterocycles. The lowest BCUT2D eigenvalue weighted by molar-refractivity contribution is -0.121. The van der Waals surface area contributed by atoms with Gasteiger partial charge in [-0.25, -0.2) is 0 Å². The molecule has 0 unspecified atom stereocenters. The zero-order chi connectivity index (χ0) is 22.7. The van der Waals surface area contributed by atoms with Gasteiger partial charge >= 0.3 is 0 Å². The number of nitrogens with one attached hydrogen (secondary N) is 1. The van der Waals surface area contributed by atoms with E-state index in [4.69, 9.17) is 0 Å². The Labute approximate surface area is 195 Å². The monoisotopic (exact) mass is 447 g/mol. The number of piperazine rings is 1. The van der Waals surface area contributed by atoms with Gasteiger partial charge in [-0.2, -0.15) is 4.80 Å². The minimum Gasteiger partial charge on any atom is -0.369 e. The number of rotatable bonds is 11. The summed E-state index contributed by atoms with van der Waals surface area (Å²) in [6, 6.07) is 20.4. The van der Waals surface area contributed by atoms with E-state index in [-0.39, 0.29) is 5.91 Å². The Hall–Kier alpha value is -3.26. The average molecular weight is 448 g/mol. The van der Waals surface area contributed by atoms with E-state index in [1.54, 1.807) is 4.80 Å². The van der Waals surface area contributed by atoms with E-state index in [0.29, 0.717) is 25.2 Å². The van der Waals surface area contributed by atoms with Crippen molar-refractivity contribution in [3.8, 4) is 11.4 Å². The van der Waals surface area contributed by atoms with Crippen molar-refractivity contribution in [2.24, 2.45) is 0 Å². The second kappa shape index (κ2) is 12.1. The van der Waals surface area contributed by atoms with Crippen LogP contribution in [-0.4, -0.2) is 70.3 Å². The maximum absolute atomic E-state index is 12.1. The van der Waals surface area contributed by atoms with Crippen LogP contribution in [0, 0.1) is 0 Å². The maximum Gasteiger partial charge on any atom is 0.220 e. The van der Waals surface area contributed by atoms with Crippen LogP contribution in [-0.2, 0) is 11.3 Å². The van der Waals surface area contributed by atoms with E-state index < -0.39 is 0 Å². The van der Waals surface area contributed by atoms with Crippen molar-refractivity contribution in [1.29, 1.82) is 0 Å². The largest absolute Gasteiger partial charge is 0.369 e. The van der Waals surface area contributed by atoms with Gasteiger partial charge in [0.15, 0.2) is 0 Å². The van der Waals surface area contributed by atoms with E-state index in [9.17, 15) is 4.79 Å². The fourth-order valence-corrected chi connectivity index (χ4v) is 4.07. The first-order chi connectivity index (χ1) is 16.3. The highest BCUT2D eigenvalue weighted by atomic mass is 16.1. The summed E-state index contributed by atoms with van der Waals surface area (Å²) in [5.41, 5.74) is 2.26. The summed E-state index contributed by atoms with van der Waals surface area (Å²) in [6.45, 7) is 6.78. The lowest BCUT2D eigenvalue weighted by Crippen LogP contribution is -2.46. The fraction of sp³-hybridized carbons (Fsp3) is 0.440. The molecule has 0 atom stereocenters.